The summed E-state index contributed by atoms with van der Waals surface area (Å²) in [6.45, 7) is 2.87. The van der Waals surface area contributed by atoms with Crippen molar-refractivity contribution in [3.8, 4) is 0 Å². The number of hydrogen-bond acceptors (Lipinski definition) is 3. The van der Waals surface area contributed by atoms with Crippen LogP contribution >= 0.6 is 0 Å². The average Bonchev–Trinajstić information content (AvgIpc) is 2.82. The largest absolute Gasteiger partial charge is 0.444 e. The summed E-state index contributed by atoms with van der Waals surface area (Å²) in [6.07, 6.45) is 2.49. The van der Waals surface area contributed by atoms with Gasteiger partial charge < -0.3 is 9.73 Å². The summed E-state index contributed by atoms with van der Waals surface area (Å²) in [7, 11) is 0. The number of nitrogens with one attached hydrogen (secondary N) is 1. The third-order valence-corrected chi connectivity index (χ3v) is 2.54. The Balaban J connectivity index is 1.86. The van der Waals surface area contributed by atoms with Gasteiger partial charge in [0.15, 0.2) is 11.6 Å². The van der Waals surface area contributed by atoms with Crippen LogP contribution in [0.25, 0.3) is 0 Å². The second-order valence-electron chi connectivity index (χ2n) is 3.93. The molecule has 2 aromatic rings. The van der Waals surface area contributed by atoms with E-state index in [0.717, 1.165) is 18.2 Å². The van der Waals surface area contributed by atoms with Crippen molar-refractivity contribution in [1.29, 1.82) is 0 Å². The molecule has 1 N–H and O–H groups in total. The quantitative estimate of drug-likeness (QED) is 0.889. The van der Waals surface area contributed by atoms with Crippen LogP contribution in [0.2, 0.25) is 0 Å². The third-order valence-electron chi connectivity index (χ3n) is 2.54. The molecule has 0 unspecified atom stereocenters. The van der Waals surface area contributed by atoms with E-state index in [0.29, 0.717) is 24.5 Å². The lowest BCUT2D eigenvalue weighted by Crippen LogP contribution is -2.13. The molecule has 0 fully saturated rings. The molecule has 1 aromatic carbocycles. The van der Waals surface area contributed by atoms with E-state index in [1.165, 1.54) is 6.07 Å². The highest BCUT2D eigenvalue weighted by molar-refractivity contribution is 5.17. The Morgan fingerprint density at radius 3 is 2.72 bits per heavy atom. The number of benzene rings is 1. The van der Waals surface area contributed by atoms with E-state index in [1.807, 2.05) is 6.92 Å². The van der Waals surface area contributed by atoms with Gasteiger partial charge in [0.1, 0.15) is 5.76 Å². The summed E-state index contributed by atoms with van der Waals surface area (Å²) >= 11 is 0. The molecule has 0 radical (unpaired) electrons. The van der Waals surface area contributed by atoms with Gasteiger partial charge in [-0.2, -0.15) is 0 Å². The van der Waals surface area contributed by atoms with Crippen LogP contribution in [0.5, 0.6) is 0 Å². The Bertz CT molecular complexity index is 525. The molecule has 1 heterocycles. The van der Waals surface area contributed by atoms with E-state index in [1.54, 1.807) is 12.3 Å². The highest BCUT2D eigenvalue weighted by Gasteiger charge is 2.04. The molecule has 0 amide bonds. The Morgan fingerprint density at radius 2 is 2.06 bits per heavy atom. The fraction of sp³-hybridized carbons (Fsp3) is 0.308. The number of oxazole rings is 1. The SMILES string of the molecule is CCc1cnc(CNCc2ccc(F)c(F)c2)o1. The van der Waals surface area contributed by atoms with Crippen LogP contribution in [0.3, 0.4) is 0 Å². The predicted molar refractivity (Wildman–Crippen MR) is 62.8 cm³/mol. The van der Waals surface area contributed by atoms with Gasteiger partial charge in [0.05, 0.1) is 12.7 Å². The third kappa shape index (κ3) is 3.13. The molecule has 0 aliphatic rings. The van der Waals surface area contributed by atoms with Crippen molar-refractivity contribution in [1.82, 2.24) is 10.3 Å². The molecule has 0 saturated heterocycles. The van der Waals surface area contributed by atoms with Gasteiger partial charge in [0, 0.05) is 13.0 Å². The van der Waals surface area contributed by atoms with Crippen molar-refractivity contribution >= 4 is 0 Å². The van der Waals surface area contributed by atoms with Gasteiger partial charge >= 0.3 is 0 Å². The summed E-state index contributed by atoms with van der Waals surface area (Å²) in [4.78, 5) is 4.09. The lowest BCUT2D eigenvalue weighted by atomic mass is 10.2. The molecule has 0 bridgehead atoms. The second-order valence-corrected chi connectivity index (χ2v) is 3.93. The fourth-order valence-electron chi connectivity index (χ4n) is 1.56. The Kier molecular flexibility index (Phi) is 4.04. The maximum Gasteiger partial charge on any atom is 0.208 e. The van der Waals surface area contributed by atoms with Crippen LogP contribution < -0.4 is 5.32 Å². The maximum atomic E-state index is 12.9. The summed E-state index contributed by atoms with van der Waals surface area (Å²) < 4.78 is 31.1. The highest BCUT2D eigenvalue weighted by Crippen LogP contribution is 2.09. The molecule has 0 spiro atoms. The van der Waals surface area contributed by atoms with Gasteiger partial charge in [0.2, 0.25) is 5.89 Å². The molecule has 5 heteroatoms. The molecule has 0 saturated carbocycles. The van der Waals surface area contributed by atoms with Crippen LogP contribution in [-0.2, 0) is 19.5 Å². The van der Waals surface area contributed by atoms with Crippen molar-refractivity contribution in [3.63, 3.8) is 0 Å². The Labute approximate surface area is 104 Å². The van der Waals surface area contributed by atoms with Crippen molar-refractivity contribution in [2.75, 3.05) is 0 Å². The zero-order valence-corrected chi connectivity index (χ0v) is 10.0. The van der Waals surface area contributed by atoms with Gasteiger partial charge in [-0.05, 0) is 17.7 Å². The van der Waals surface area contributed by atoms with Crippen molar-refractivity contribution < 1.29 is 13.2 Å². The lowest BCUT2D eigenvalue weighted by Gasteiger charge is -2.03. The van der Waals surface area contributed by atoms with Gasteiger partial charge in [0.25, 0.3) is 0 Å². The first-order valence-electron chi connectivity index (χ1n) is 5.77. The van der Waals surface area contributed by atoms with Gasteiger partial charge in [-0.3, -0.25) is 0 Å². The first-order chi connectivity index (χ1) is 8.69. The van der Waals surface area contributed by atoms with E-state index >= 15 is 0 Å². The van der Waals surface area contributed by atoms with E-state index in [9.17, 15) is 8.78 Å². The van der Waals surface area contributed by atoms with Crippen LogP contribution in [0.4, 0.5) is 8.78 Å². The van der Waals surface area contributed by atoms with Crippen molar-refractivity contribution in [2.45, 2.75) is 26.4 Å². The van der Waals surface area contributed by atoms with E-state index in [2.05, 4.69) is 10.3 Å². The van der Waals surface area contributed by atoms with Crippen molar-refractivity contribution in [3.05, 3.63) is 53.2 Å². The van der Waals surface area contributed by atoms with Crippen LogP contribution in [0, 0.1) is 11.6 Å². The molecule has 18 heavy (non-hydrogen) atoms. The predicted octanol–water partition coefficient (Wildman–Crippen LogP) is 2.81. The summed E-state index contributed by atoms with van der Waals surface area (Å²) in [6, 6.07) is 3.83. The number of hydrogen-bond donors (Lipinski definition) is 1. The van der Waals surface area contributed by atoms with E-state index < -0.39 is 11.6 Å². The van der Waals surface area contributed by atoms with Crippen molar-refractivity contribution in [2.24, 2.45) is 0 Å². The Hall–Kier alpha value is -1.75. The number of halogens is 2. The minimum absolute atomic E-state index is 0.432. The van der Waals surface area contributed by atoms with Crippen LogP contribution in [0.1, 0.15) is 24.1 Å². The Morgan fingerprint density at radius 1 is 1.22 bits per heavy atom. The first kappa shape index (κ1) is 12.7. The highest BCUT2D eigenvalue weighted by atomic mass is 19.2. The minimum Gasteiger partial charge on any atom is -0.444 e. The maximum absolute atomic E-state index is 12.9. The number of aryl methyl sites for hydroxylation is 1. The standard InChI is InChI=1S/C13H14F2N2O/c1-2-10-7-17-13(18-10)8-16-6-9-3-4-11(14)12(15)5-9/h3-5,7,16H,2,6,8H2,1H3. The van der Waals surface area contributed by atoms with Gasteiger partial charge in [-0.1, -0.05) is 13.0 Å². The molecular formula is C13H14F2N2O. The number of nitrogens with zero attached hydrogens (tertiary/aromatic N) is 1. The molecule has 0 aliphatic carbocycles. The van der Waals surface area contributed by atoms with E-state index in [4.69, 9.17) is 4.42 Å². The summed E-state index contributed by atoms with van der Waals surface area (Å²) in [5.41, 5.74) is 0.677. The van der Waals surface area contributed by atoms with E-state index in [-0.39, 0.29) is 0 Å². The van der Waals surface area contributed by atoms with Crippen LogP contribution in [0.15, 0.2) is 28.8 Å². The fourth-order valence-corrected chi connectivity index (χ4v) is 1.56. The molecule has 2 rings (SSSR count). The monoisotopic (exact) mass is 252 g/mol. The molecule has 0 aliphatic heterocycles. The van der Waals surface area contributed by atoms with Gasteiger partial charge in [-0.25, -0.2) is 13.8 Å². The molecule has 3 nitrogen and oxygen atoms in total. The molecule has 0 atom stereocenters. The number of rotatable bonds is 5. The topological polar surface area (TPSA) is 38.1 Å². The van der Waals surface area contributed by atoms with Gasteiger partial charge in [-0.15, -0.1) is 0 Å². The minimum atomic E-state index is -0.835. The lowest BCUT2D eigenvalue weighted by molar-refractivity contribution is 0.438. The normalized spacial score (nSPS) is 10.8. The zero-order valence-electron chi connectivity index (χ0n) is 10.0. The average molecular weight is 252 g/mol. The summed E-state index contributed by atoms with van der Waals surface area (Å²) in [5, 5.41) is 3.06. The second kappa shape index (κ2) is 5.73. The first-order valence-corrected chi connectivity index (χ1v) is 5.77. The molecular weight excluding hydrogens is 238 g/mol. The zero-order chi connectivity index (χ0) is 13.0. The number of aromatic nitrogens is 1. The van der Waals surface area contributed by atoms with Crippen LogP contribution in [-0.4, -0.2) is 4.98 Å². The molecule has 96 valence electrons. The smallest absolute Gasteiger partial charge is 0.208 e. The summed E-state index contributed by atoms with van der Waals surface area (Å²) in [5.74, 6) is -0.244. The molecule has 1 aromatic heterocycles.